The third kappa shape index (κ3) is 7.99. The normalized spacial score (nSPS) is 15.2. The van der Waals surface area contributed by atoms with Gasteiger partial charge in [0, 0.05) is 29.4 Å². The van der Waals surface area contributed by atoms with E-state index in [1.807, 2.05) is 0 Å². The molecule has 1 unspecified atom stereocenters. The van der Waals surface area contributed by atoms with Gasteiger partial charge in [-0.1, -0.05) is 24.3 Å². The summed E-state index contributed by atoms with van der Waals surface area (Å²) in [6, 6.07) is 10.9. The average Bonchev–Trinajstić information content (AvgIpc) is 3.34. The van der Waals surface area contributed by atoms with E-state index >= 15 is 0 Å². The van der Waals surface area contributed by atoms with Gasteiger partial charge in [-0.15, -0.1) is 0 Å². The highest BCUT2D eigenvalue weighted by atomic mass is 19.4. The molecule has 14 heteroatoms. The van der Waals surface area contributed by atoms with Crippen molar-refractivity contribution in [1.29, 1.82) is 0 Å². The molecule has 226 valence electrons. The SMILES string of the molecule is COCCOCCOCCOC(=O)OCC1CN(c2ccc3cc(-c4ccccc4C(F)(F)F)[nH]c(=O)c3c2)C(=O)O1. The molecular weight excluding hydrogens is 565 g/mol. The number of ether oxygens (including phenoxy) is 6. The summed E-state index contributed by atoms with van der Waals surface area (Å²) in [6.07, 6.45) is -7.07. The molecule has 4 rings (SSSR count). The van der Waals surface area contributed by atoms with E-state index in [2.05, 4.69) is 4.98 Å². The Bertz CT molecular complexity index is 1440. The van der Waals surface area contributed by atoms with E-state index in [0.29, 0.717) is 37.5 Å². The summed E-state index contributed by atoms with van der Waals surface area (Å²) in [5.74, 6) is 0. The number of halogens is 3. The van der Waals surface area contributed by atoms with E-state index in [9.17, 15) is 27.6 Å². The second kappa shape index (κ2) is 14.2. The number of amides is 1. The molecule has 1 N–H and O–H groups in total. The number of aromatic amines is 1. The number of nitrogens with one attached hydrogen (secondary N) is 1. The average molecular weight is 595 g/mol. The fourth-order valence-electron chi connectivity index (χ4n) is 4.20. The first-order valence-corrected chi connectivity index (χ1v) is 12.9. The lowest BCUT2D eigenvalue weighted by molar-refractivity contribution is -0.137. The lowest BCUT2D eigenvalue weighted by Crippen LogP contribution is -2.27. The van der Waals surface area contributed by atoms with E-state index in [0.717, 1.165) is 6.07 Å². The highest BCUT2D eigenvalue weighted by Crippen LogP contribution is 2.36. The van der Waals surface area contributed by atoms with Crippen LogP contribution in [0.15, 0.2) is 53.3 Å². The molecule has 1 aliphatic rings. The molecule has 42 heavy (non-hydrogen) atoms. The van der Waals surface area contributed by atoms with Gasteiger partial charge in [0.1, 0.15) is 13.2 Å². The predicted molar refractivity (Wildman–Crippen MR) is 143 cm³/mol. The van der Waals surface area contributed by atoms with Crippen molar-refractivity contribution >= 4 is 28.7 Å². The first-order chi connectivity index (χ1) is 20.2. The Balaban J connectivity index is 1.31. The van der Waals surface area contributed by atoms with Crippen molar-refractivity contribution in [3.05, 3.63) is 64.4 Å². The van der Waals surface area contributed by atoms with Gasteiger partial charge in [0.15, 0.2) is 6.10 Å². The van der Waals surface area contributed by atoms with Crippen LogP contribution >= 0.6 is 0 Å². The third-order valence-corrected chi connectivity index (χ3v) is 6.18. The summed E-state index contributed by atoms with van der Waals surface area (Å²) in [5, 5.41) is 0.549. The lowest BCUT2D eigenvalue weighted by atomic mass is 10.0. The van der Waals surface area contributed by atoms with Crippen molar-refractivity contribution < 1.29 is 51.2 Å². The minimum absolute atomic E-state index is 0.0105. The van der Waals surface area contributed by atoms with E-state index in [4.69, 9.17) is 28.4 Å². The zero-order valence-electron chi connectivity index (χ0n) is 22.6. The number of hydrogen-bond acceptors (Lipinski definition) is 9. The number of hydrogen-bond donors (Lipinski definition) is 1. The molecule has 0 saturated carbocycles. The van der Waals surface area contributed by atoms with E-state index in [1.165, 1.54) is 41.3 Å². The largest absolute Gasteiger partial charge is 0.508 e. The number of benzene rings is 2. The molecule has 1 saturated heterocycles. The van der Waals surface area contributed by atoms with Gasteiger partial charge < -0.3 is 33.4 Å². The van der Waals surface area contributed by atoms with Gasteiger partial charge >= 0.3 is 18.4 Å². The summed E-state index contributed by atoms with van der Waals surface area (Å²) in [7, 11) is 1.57. The number of cyclic esters (lactones) is 1. The lowest BCUT2D eigenvalue weighted by Gasteiger charge is -2.15. The highest BCUT2D eigenvalue weighted by molar-refractivity contribution is 5.94. The van der Waals surface area contributed by atoms with Crippen molar-refractivity contribution in [3.63, 3.8) is 0 Å². The molecule has 1 atom stereocenters. The van der Waals surface area contributed by atoms with Crippen LogP contribution in [-0.4, -0.2) is 83.2 Å². The molecular formula is C28H29F3N2O9. The number of methoxy groups -OCH3 is 1. The van der Waals surface area contributed by atoms with E-state index in [1.54, 1.807) is 13.2 Å². The van der Waals surface area contributed by atoms with Gasteiger partial charge in [0.2, 0.25) is 0 Å². The van der Waals surface area contributed by atoms with Crippen LogP contribution in [0.2, 0.25) is 0 Å². The van der Waals surface area contributed by atoms with Gasteiger partial charge in [0.25, 0.3) is 5.56 Å². The Morgan fingerprint density at radius 1 is 0.976 bits per heavy atom. The topological polar surface area (TPSA) is 126 Å². The second-order valence-corrected chi connectivity index (χ2v) is 9.07. The van der Waals surface area contributed by atoms with Crippen LogP contribution in [0.25, 0.3) is 22.0 Å². The smallest absolute Gasteiger partial charge is 0.440 e. The first-order valence-electron chi connectivity index (χ1n) is 12.9. The van der Waals surface area contributed by atoms with Gasteiger partial charge in [-0.05, 0) is 29.7 Å². The number of fused-ring (bicyclic) bond motifs is 1. The molecule has 1 aliphatic heterocycles. The van der Waals surface area contributed by atoms with E-state index in [-0.39, 0.29) is 43.0 Å². The second-order valence-electron chi connectivity index (χ2n) is 9.07. The summed E-state index contributed by atoms with van der Waals surface area (Å²) in [6.45, 7) is 1.51. The quantitative estimate of drug-likeness (QED) is 0.227. The molecule has 11 nitrogen and oxygen atoms in total. The van der Waals surface area contributed by atoms with Crippen LogP contribution in [-0.2, 0) is 34.6 Å². The summed E-state index contributed by atoms with van der Waals surface area (Å²) >= 11 is 0. The van der Waals surface area contributed by atoms with Crippen molar-refractivity contribution in [2.75, 3.05) is 64.8 Å². The molecule has 1 aromatic heterocycles. The fourth-order valence-corrected chi connectivity index (χ4v) is 4.20. The molecule has 0 bridgehead atoms. The van der Waals surface area contributed by atoms with Crippen LogP contribution in [0.1, 0.15) is 5.56 Å². The zero-order chi connectivity index (χ0) is 30.1. The molecule has 0 aliphatic carbocycles. The van der Waals surface area contributed by atoms with Gasteiger partial charge in [-0.25, -0.2) is 9.59 Å². The van der Waals surface area contributed by atoms with Crippen LogP contribution in [0, 0.1) is 0 Å². The van der Waals surface area contributed by atoms with Crippen LogP contribution in [0.3, 0.4) is 0 Å². The Morgan fingerprint density at radius 3 is 2.43 bits per heavy atom. The fraction of sp³-hybridized carbons (Fsp3) is 0.393. The Hall–Kier alpha value is -4.14. The van der Waals surface area contributed by atoms with E-state index < -0.39 is 35.7 Å². The molecule has 2 heterocycles. The number of pyridine rings is 1. The van der Waals surface area contributed by atoms with Gasteiger partial charge in [0.05, 0.1) is 45.1 Å². The Morgan fingerprint density at radius 2 is 1.69 bits per heavy atom. The van der Waals surface area contributed by atoms with Crippen molar-refractivity contribution in [2.24, 2.45) is 0 Å². The highest BCUT2D eigenvalue weighted by Gasteiger charge is 2.35. The number of carbonyl (C=O) groups excluding carboxylic acids is 2. The summed E-state index contributed by atoms with van der Waals surface area (Å²) < 4.78 is 71.0. The van der Waals surface area contributed by atoms with Gasteiger partial charge in [-0.3, -0.25) is 9.69 Å². The third-order valence-electron chi connectivity index (χ3n) is 6.18. The standard InChI is InChI=1S/C28H29F3N2O9/c1-37-8-9-38-10-11-39-12-13-40-27(36)41-17-20-16-33(26(35)42-20)19-7-6-18-14-24(32-25(34)22(18)15-19)21-4-2-3-5-23(21)28(29,30)31/h2-7,14-15,20H,8-13,16-17H2,1H3,(H,32,34). The maximum absolute atomic E-state index is 13.5. The number of carbonyl (C=O) groups is 2. The number of aromatic nitrogens is 1. The van der Waals surface area contributed by atoms with Crippen LogP contribution in [0.5, 0.6) is 0 Å². The zero-order valence-corrected chi connectivity index (χ0v) is 22.6. The molecule has 0 radical (unpaired) electrons. The molecule has 2 aromatic carbocycles. The van der Waals surface area contributed by atoms with Crippen molar-refractivity contribution in [1.82, 2.24) is 4.98 Å². The minimum Gasteiger partial charge on any atom is -0.440 e. The molecule has 1 amide bonds. The number of anilines is 1. The van der Waals surface area contributed by atoms with Crippen molar-refractivity contribution in [3.8, 4) is 11.3 Å². The Kier molecular flexibility index (Phi) is 10.4. The molecule has 3 aromatic rings. The van der Waals surface area contributed by atoms with Crippen LogP contribution < -0.4 is 10.5 Å². The number of H-pyrrole nitrogens is 1. The summed E-state index contributed by atoms with van der Waals surface area (Å²) in [5.41, 5.74) is -1.32. The predicted octanol–water partition coefficient (Wildman–Crippen LogP) is 4.37. The number of nitrogens with zero attached hydrogens (tertiary/aromatic N) is 1. The minimum atomic E-state index is -4.60. The monoisotopic (exact) mass is 594 g/mol. The number of rotatable bonds is 13. The first kappa shape index (κ1) is 30.8. The molecule has 0 spiro atoms. The Labute approximate surface area is 238 Å². The summed E-state index contributed by atoms with van der Waals surface area (Å²) in [4.78, 5) is 40.9. The van der Waals surface area contributed by atoms with Crippen LogP contribution in [0.4, 0.5) is 28.4 Å². The molecule has 1 fully saturated rings. The number of alkyl halides is 3. The maximum atomic E-state index is 13.5. The van der Waals surface area contributed by atoms with Crippen molar-refractivity contribution in [2.45, 2.75) is 12.3 Å². The maximum Gasteiger partial charge on any atom is 0.508 e. The van der Waals surface area contributed by atoms with Gasteiger partial charge in [-0.2, -0.15) is 13.2 Å².